The monoisotopic (exact) mass is 190 g/mol. The van der Waals surface area contributed by atoms with Gasteiger partial charge in [0.2, 0.25) is 0 Å². The van der Waals surface area contributed by atoms with E-state index in [4.69, 9.17) is 5.26 Å². The van der Waals surface area contributed by atoms with Crippen LogP contribution in [0.4, 0.5) is 0 Å². The molecule has 70 valence electrons. The maximum absolute atomic E-state index is 11.2. The fraction of sp³-hybridized carbons (Fsp3) is 0.143. The molecule has 7 heteroatoms. The van der Waals surface area contributed by atoms with E-state index < -0.39 is 5.69 Å². The summed E-state index contributed by atoms with van der Waals surface area (Å²) >= 11 is 0. The van der Waals surface area contributed by atoms with E-state index in [1.165, 1.54) is 21.8 Å². The van der Waals surface area contributed by atoms with Crippen LogP contribution in [0.2, 0.25) is 0 Å². The van der Waals surface area contributed by atoms with Crippen molar-refractivity contribution in [3.05, 3.63) is 28.6 Å². The Morgan fingerprint density at radius 3 is 3.00 bits per heavy atom. The van der Waals surface area contributed by atoms with Crippen molar-refractivity contribution >= 4 is 0 Å². The van der Waals surface area contributed by atoms with Crippen LogP contribution in [-0.4, -0.2) is 24.5 Å². The first-order valence-corrected chi connectivity index (χ1v) is 3.78. The first-order chi connectivity index (χ1) is 6.72. The Morgan fingerprint density at radius 1 is 1.64 bits per heavy atom. The van der Waals surface area contributed by atoms with Crippen molar-refractivity contribution in [2.45, 2.75) is 0 Å². The highest BCUT2D eigenvalue weighted by Gasteiger charge is 2.11. The molecule has 0 radical (unpaired) electrons. The number of hydrogen-bond acceptors (Lipinski definition) is 4. The van der Waals surface area contributed by atoms with Gasteiger partial charge in [0.25, 0.3) is 0 Å². The summed E-state index contributed by atoms with van der Waals surface area (Å²) in [6.07, 6.45) is 2.82. The van der Waals surface area contributed by atoms with E-state index in [-0.39, 0.29) is 5.82 Å². The minimum absolute atomic E-state index is 0.286. The van der Waals surface area contributed by atoms with Crippen LogP contribution in [0.15, 0.2) is 17.3 Å². The lowest BCUT2D eigenvalue weighted by atomic mass is 10.3. The van der Waals surface area contributed by atoms with Crippen LogP contribution in [0.1, 0.15) is 5.56 Å². The van der Waals surface area contributed by atoms with Gasteiger partial charge in [0.05, 0.1) is 0 Å². The molecule has 0 saturated heterocycles. The van der Waals surface area contributed by atoms with E-state index in [0.29, 0.717) is 5.56 Å². The van der Waals surface area contributed by atoms with E-state index >= 15 is 0 Å². The zero-order valence-corrected chi connectivity index (χ0v) is 7.30. The SMILES string of the molecule is Cn1cc(C#N)c(-n2cn[nH]c2=O)n1. The minimum atomic E-state index is -0.416. The molecule has 2 aromatic heterocycles. The summed E-state index contributed by atoms with van der Waals surface area (Å²) < 4.78 is 2.64. The third-order valence-electron chi connectivity index (χ3n) is 1.71. The number of aryl methyl sites for hydroxylation is 1. The molecule has 2 heterocycles. The molecule has 0 bridgehead atoms. The highest BCUT2D eigenvalue weighted by molar-refractivity contribution is 5.41. The van der Waals surface area contributed by atoms with Gasteiger partial charge in [-0.05, 0) is 0 Å². The maximum Gasteiger partial charge on any atom is 0.349 e. The molecule has 1 N–H and O–H groups in total. The molecular weight excluding hydrogens is 184 g/mol. The van der Waals surface area contributed by atoms with Gasteiger partial charge in [-0.2, -0.15) is 15.5 Å². The quantitative estimate of drug-likeness (QED) is 0.634. The van der Waals surface area contributed by atoms with Crippen LogP contribution in [0.25, 0.3) is 5.82 Å². The van der Waals surface area contributed by atoms with Crippen LogP contribution in [-0.2, 0) is 7.05 Å². The molecule has 14 heavy (non-hydrogen) atoms. The van der Waals surface area contributed by atoms with Crippen molar-refractivity contribution in [2.24, 2.45) is 7.05 Å². The van der Waals surface area contributed by atoms with Crippen molar-refractivity contribution in [2.75, 3.05) is 0 Å². The van der Waals surface area contributed by atoms with E-state index in [0.717, 1.165) is 0 Å². The second-order valence-corrected chi connectivity index (χ2v) is 2.68. The van der Waals surface area contributed by atoms with Gasteiger partial charge >= 0.3 is 5.69 Å². The van der Waals surface area contributed by atoms with Crippen LogP contribution >= 0.6 is 0 Å². The van der Waals surface area contributed by atoms with Gasteiger partial charge in [-0.25, -0.2) is 14.5 Å². The molecule has 0 saturated carbocycles. The summed E-state index contributed by atoms with van der Waals surface area (Å²) in [6, 6.07) is 1.95. The van der Waals surface area contributed by atoms with Crippen molar-refractivity contribution in [1.29, 1.82) is 5.26 Å². The molecule has 2 rings (SSSR count). The minimum Gasteiger partial charge on any atom is -0.272 e. The molecule has 7 nitrogen and oxygen atoms in total. The molecule has 0 fully saturated rings. The third kappa shape index (κ3) is 1.09. The third-order valence-corrected chi connectivity index (χ3v) is 1.71. The van der Waals surface area contributed by atoms with E-state index in [2.05, 4.69) is 15.3 Å². The first kappa shape index (κ1) is 8.25. The molecule has 0 unspecified atom stereocenters. The molecule has 0 aliphatic carbocycles. The lowest BCUT2D eigenvalue weighted by molar-refractivity contribution is 0.747. The van der Waals surface area contributed by atoms with Crippen LogP contribution in [0.5, 0.6) is 0 Å². The van der Waals surface area contributed by atoms with Gasteiger partial charge in [-0.1, -0.05) is 0 Å². The van der Waals surface area contributed by atoms with Crippen molar-refractivity contribution in [3.8, 4) is 11.9 Å². The summed E-state index contributed by atoms with van der Waals surface area (Å²) in [5.74, 6) is 0.286. The van der Waals surface area contributed by atoms with Crippen molar-refractivity contribution in [3.63, 3.8) is 0 Å². The van der Waals surface area contributed by atoms with E-state index in [1.54, 1.807) is 7.05 Å². The van der Waals surface area contributed by atoms with Crippen LogP contribution in [0, 0.1) is 11.3 Å². The van der Waals surface area contributed by atoms with Crippen LogP contribution < -0.4 is 5.69 Å². The second kappa shape index (κ2) is 2.85. The average Bonchev–Trinajstić information content (AvgIpc) is 2.71. The number of hydrogen-bond donors (Lipinski definition) is 1. The summed E-state index contributed by atoms with van der Waals surface area (Å²) in [5, 5.41) is 18.5. The highest BCUT2D eigenvalue weighted by atomic mass is 16.1. The molecule has 0 aromatic carbocycles. The Labute approximate surface area is 78.2 Å². The predicted molar refractivity (Wildman–Crippen MR) is 45.7 cm³/mol. The number of rotatable bonds is 1. The van der Waals surface area contributed by atoms with Gasteiger partial charge in [0.15, 0.2) is 5.82 Å². The second-order valence-electron chi connectivity index (χ2n) is 2.68. The van der Waals surface area contributed by atoms with Crippen LogP contribution in [0.3, 0.4) is 0 Å². The molecule has 0 aliphatic heterocycles. The van der Waals surface area contributed by atoms with Gasteiger partial charge in [-0.15, -0.1) is 0 Å². The fourth-order valence-corrected chi connectivity index (χ4v) is 1.13. The molecule has 0 atom stereocenters. The Hall–Kier alpha value is -2.36. The summed E-state index contributed by atoms with van der Waals surface area (Å²) in [4.78, 5) is 11.2. The smallest absolute Gasteiger partial charge is 0.272 e. The number of H-pyrrole nitrogens is 1. The molecule has 2 aromatic rings. The largest absolute Gasteiger partial charge is 0.349 e. The lowest BCUT2D eigenvalue weighted by Crippen LogP contribution is -2.15. The zero-order chi connectivity index (χ0) is 10.1. The van der Waals surface area contributed by atoms with Gasteiger partial charge < -0.3 is 0 Å². The van der Waals surface area contributed by atoms with Gasteiger partial charge in [-0.3, -0.25) is 4.68 Å². The summed E-state index contributed by atoms with van der Waals surface area (Å²) in [6.45, 7) is 0. The summed E-state index contributed by atoms with van der Waals surface area (Å²) in [7, 11) is 1.68. The molecule has 0 aliphatic rings. The highest BCUT2D eigenvalue weighted by Crippen LogP contribution is 2.07. The molecule has 0 amide bonds. The van der Waals surface area contributed by atoms with Crippen molar-refractivity contribution < 1.29 is 0 Å². The fourth-order valence-electron chi connectivity index (χ4n) is 1.13. The number of aromatic amines is 1. The predicted octanol–water partition coefficient (Wildman–Crippen LogP) is -0.834. The first-order valence-electron chi connectivity index (χ1n) is 3.78. The normalized spacial score (nSPS) is 10.0. The van der Waals surface area contributed by atoms with E-state index in [9.17, 15) is 4.79 Å². The average molecular weight is 190 g/mol. The standard InChI is InChI=1S/C7H6N6O/c1-12-3-5(2-8)6(11-12)13-4-9-10-7(13)14/h3-4H,1H3,(H,10,14). The number of nitrogens with one attached hydrogen (secondary N) is 1. The Balaban J connectivity index is 2.69. The Morgan fingerprint density at radius 2 is 2.43 bits per heavy atom. The lowest BCUT2D eigenvalue weighted by Gasteiger charge is -1.92. The zero-order valence-electron chi connectivity index (χ0n) is 7.30. The number of nitrogens with zero attached hydrogens (tertiary/aromatic N) is 5. The Bertz CT molecular complexity index is 553. The molecule has 0 spiro atoms. The topological polar surface area (TPSA) is 92.3 Å². The van der Waals surface area contributed by atoms with Gasteiger partial charge in [0, 0.05) is 13.2 Å². The van der Waals surface area contributed by atoms with Gasteiger partial charge in [0.1, 0.15) is 18.0 Å². The maximum atomic E-state index is 11.2. The number of nitriles is 1. The van der Waals surface area contributed by atoms with Crippen molar-refractivity contribution in [1.82, 2.24) is 24.5 Å². The summed E-state index contributed by atoms with van der Waals surface area (Å²) in [5.41, 5.74) is -0.0869. The van der Waals surface area contributed by atoms with E-state index in [1.807, 2.05) is 6.07 Å². The molecular formula is C7H6N6O. The number of aromatic nitrogens is 5. The Kier molecular flexibility index (Phi) is 1.68.